The van der Waals surface area contributed by atoms with E-state index in [4.69, 9.17) is 18.9 Å². The second-order valence-electron chi connectivity index (χ2n) is 12.5. The van der Waals surface area contributed by atoms with Crippen molar-refractivity contribution < 1.29 is 28.5 Å². The lowest BCUT2D eigenvalue weighted by Crippen LogP contribution is -2.43. The molecule has 202 valence electrons. The van der Waals surface area contributed by atoms with Crippen LogP contribution in [0.1, 0.15) is 121 Å². The molecule has 0 radical (unpaired) electrons. The van der Waals surface area contributed by atoms with Gasteiger partial charge in [-0.25, -0.2) is 0 Å². The van der Waals surface area contributed by atoms with E-state index in [1.807, 2.05) is 27.7 Å². The highest BCUT2D eigenvalue weighted by molar-refractivity contribution is 5.38. The Morgan fingerprint density at radius 1 is 0.676 bits per heavy atom. The molecule has 0 aromatic rings. The van der Waals surface area contributed by atoms with E-state index < -0.39 is 11.2 Å². The summed E-state index contributed by atoms with van der Waals surface area (Å²) in [5, 5.41) is 0. The van der Waals surface area contributed by atoms with Gasteiger partial charge in [-0.1, -0.05) is 34.1 Å². The molecule has 0 aromatic heterocycles. The zero-order chi connectivity index (χ0) is 26.7. The van der Waals surface area contributed by atoms with Crippen molar-refractivity contribution in [3.63, 3.8) is 0 Å². The minimum absolute atomic E-state index is 0.0616. The Kier molecular flexibility index (Phi) is 13.4. The van der Waals surface area contributed by atoms with Crippen LogP contribution in [0.25, 0.3) is 0 Å². The van der Waals surface area contributed by atoms with Gasteiger partial charge in [0.25, 0.3) is 12.9 Å². The van der Waals surface area contributed by atoms with Gasteiger partial charge in [0, 0.05) is 12.8 Å². The largest absolute Gasteiger partial charge is 0.462 e. The highest BCUT2D eigenvalue weighted by atomic mass is 16.5. The van der Waals surface area contributed by atoms with Gasteiger partial charge in [0.2, 0.25) is 0 Å². The summed E-state index contributed by atoms with van der Waals surface area (Å²) in [6, 6.07) is 0. The van der Waals surface area contributed by atoms with E-state index in [1.165, 1.54) is 0 Å². The molecule has 6 heteroatoms. The number of hydrogen-bond acceptors (Lipinski definition) is 6. The molecule has 0 fully saturated rings. The van der Waals surface area contributed by atoms with Crippen LogP contribution in [-0.2, 0) is 28.5 Å². The predicted octanol–water partition coefficient (Wildman–Crippen LogP) is 6.87. The fourth-order valence-corrected chi connectivity index (χ4v) is 4.99. The van der Waals surface area contributed by atoms with Crippen molar-refractivity contribution in [3.8, 4) is 0 Å². The van der Waals surface area contributed by atoms with Crippen LogP contribution in [0.5, 0.6) is 0 Å². The summed E-state index contributed by atoms with van der Waals surface area (Å²) in [7, 11) is 0. The molecule has 0 saturated heterocycles. The van der Waals surface area contributed by atoms with E-state index in [9.17, 15) is 9.59 Å². The third-order valence-electron chi connectivity index (χ3n) is 6.97. The summed E-state index contributed by atoms with van der Waals surface area (Å²) in [5.74, 6) is 0.553. The molecule has 0 bridgehead atoms. The Bertz CT molecular complexity index is 598. The summed E-state index contributed by atoms with van der Waals surface area (Å²) in [5.41, 5.74) is -1.61. The van der Waals surface area contributed by atoms with Crippen LogP contribution in [0, 0.1) is 11.3 Å². The number of ether oxygens (including phenoxy) is 4. The van der Waals surface area contributed by atoms with Crippen LogP contribution in [0.2, 0.25) is 0 Å². The lowest BCUT2D eigenvalue weighted by atomic mass is 9.65. The monoisotopic (exact) mass is 486 g/mol. The van der Waals surface area contributed by atoms with Crippen LogP contribution >= 0.6 is 0 Å². The first-order valence-electron chi connectivity index (χ1n) is 13.0. The first-order chi connectivity index (χ1) is 15.5. The molecule has 2 unspecified atom stereocenters. The van der Waals surface area contributed by atoms with E-state index in [0.717, 1.165) is 32.1 Å². The fraction of sp³-hybridized carbons (Fsp3) is 0.929. The molecule has 0 rings (SSSR count). The Morgan fingerprint density at radius 2 is 1.15 bits per heavy atom. The molecular weight excluding hydrogens is 432 g/mol. The molecule has 34 heavy (non-hydrogen) atoms. The SMILES string of the molecule is CCC(CC(C)C)(CC(C)(C)OCCC(C)(C)OC=O)CC(C)(CC)OCCC(C)(C)OC=O. The fourth-order valence-electron chi connectivity index (χ4n) is 4.99. The topological polar surface area (TPSA) is 71.1 Å². The van der Waals surface area contributed by atoms with Crippen molar-refractivity contribution in [2.45, 2.75) is 144 Å². The molecule has 0 N–H and O–H groups in total. The van der Waals surface area contributed by atoms with Crippen molar-refractivity contribution in [1.82, 2.24) is 0 Å². The van der Waals surface area contributed by atoms with Crippen LogP contribution in [0.3, 0.4) is 0 Å². The highest BCUT2D eigenvalue weighted by Crippen LogP contribution is 2.47. The maximum Gasteiger partial charge on any atom is 0.293 e. The van der Waals surface area contributed by atoms with E-state index >= 15 is 0 Å². The second-order valence-corrected chi connectivity index (χ2v) is 12.5. The highest BCUT2D eigenvalue weighted by Gasteiger charge is 2.42. The minimum Gasteiger partial charge on any atom is -0.462 e. The Hall–Kier alpha value is -1.14. The van der Waals surface area contributed by atoms with Gasteiger partial charge in [-0.3, -0.25) is 9.59 Å². The molecule has 2 atom stereocenters. The number of rotatable bonds is 20. The maximum absolute atomic E-state index is 10.8. The lowest BCUT2D eigenvalue weighted by Gasteiger charge is -2.46. The Morgan fingerprint density at radius 3 is 1.53 bits per heavy atom. The quantitative estimate of drug-likeness (QED) is 0.175. The van der Waals surface area contributed by atoms with Crippen LogP contribution in [0.15, 0.2) is 0 Å². The van der Waals surface area contributed by atoms with Crippen molar-refractivity contribution in [3.05, 3.63) is 0 Å². The van der Waals surface area contributed by atoms with Gasteiger partial charge in [-0.05, 0) is 85.5 Å². The number of carbonyl (C=O) groups is 2. The molecule has 0 spiro atoms. The van der Waals surface area contributed by atoms with E-state index in [0.29, 0.717) is 44.9 Å². The second kappa shape index (κ2) is 13.8. The van der Waals surface area contributed by atoms with E-state index in [1.54, 1.807) is 0 Å². The third-order valence-corrected chi connectivity index (χ3v) is 6.97. The van der Waals surface area contributed by atoms with Crippen molar-refractivity contribution in [2.24, 2.45) is 11.3 Å². The number of hydrogen-bond donors (Lipinski definition) is 0. The summed E-state index contributed by atoms with van der Waals surface area (Å²) in [6.07, 6.45) is 6.19. The first-order valence-corrected chi connectivity index (χ1v) is 13.0. The van der Waals surface area contributed by atoms with Crippen LogP contribution in [-0.4, -0.2) is 48.6 Å². The molecule has 0 saturated carbocycles. The normalized spacial score (nSPS) is 16.6. The van der Waals surface area contributed by atoms with Gasteiger partial charge in [0.05, 0.1) is 24.4 Å². The predicted molar refractivity (Wildman–Crippen MR) is 138 cm³/mol. The standard InChI is InChI=1S/C28H54O6/c1-12-27(11,32-17-15-25(7,8)34-22-30)20-28(13-2,18-23(3)4)19-26(9,10)31-16-14-24(5,6)33-21-29/h21-23H,12-20H2,1-11H3. The van der Waals surface area contributed by atoms with Gasteiger partial charge in [-0.15, -0.1) is 0 Å². The first kappa shape index (κ1) is 32.9. The maximum atomic E-state index is 10.8. The average Bonchev–Trinajstić information content (AvgIpc) is 2.66. The van der Waals surface area contributed by atoms with Crippen LogP contribution < -0.4 is 0 Å². The van der Waals surface area contributed by atoms with Crippen molar-refractivity contribution in [1.29, 1.82) is 0 Å². The van der Waals surface area contributed by atoms with Gasteiger partial charge in [0.1, 0.15) is 11.2 Å². The lowest BCUT2D eigenvalue weighted by molar-refractivity contribution is -0.145. The molecular formula is C28H54O6. The van der Waals surface area contributed by atoms with Gasteiger partial charge >= 0.3 is 0 Å². The van der Waals surface area contributed by atoms with Crippen molar-refractivity contribution in [2.75, 3.05) is 13.2 Å². The van der Waals surface area contributed by atoms with Crippen molar-refractivity contribution >= 4 is 12.9 Å². The summed E-state index contributed by atoms with van der Waals surface area (Å²) >= 11 is 0. The molecule has 0 amide bonds. The molecule has 0 aliphatic carbocycles. The van der Waals surface area contributed by atoms with Crippen LogP contribution in [0.4, 0.5) is 0 Å². The summed E-state index contributed by atoms with van der Waals surface area (Å²) in [4.78, 5) is 21.5. The zero-order valence-corrected chi connectivity index (χ0v) is 24.0. The molecule has 0 aliphatic rings. The summed E-state index contributed by atoms with van der Waals surface area (Å²) in [6.45, 7) is 25.2. The summed E-state index contributed by atoms with van der Waals surface area (Å²) < 4.78 is 23.2. The Balaban J connectivity index is 5.46. The van der Waals surface area contributed by atoms with E-state index in [2.05, 4.69) is 48.5 Å². The third kappa shape index (κ3) is 13.1. The number of carbonyl (C=O) groups excluding carboxylic acids is 2. The van der Waals surface area contributed by atoms with Gasteiger partial charge in [-0.2, -0.15) is 0 Å². The van der Waals surface area contributed by atoms with Gasteiger partial charge in [0.15, 0.2) is 0 Å². The molecule has 0 aliphatic heterocycles. The minimum atomic E-state index is -0.534. The van der Waals surface area contributed by atoms with E-state index in [-0.39, 0.29) is 16.6 Å². The zero-order valence-electron chi connectivity index (χ0n) is 24.0. The molecule has 0 aromatic carbocycles. The average molecular weight is 487 g/mol. The molecule has 0 heterocycles. The Labute approximate surface area is 209 Å². The smallest absolute Gasteiger partial charge is 0.293 e. The molecule has 6 nitrogen and oxygen atoms in total. The van der Waals surface area contributed by atoms with Gasteiger partial charge < -0.3 is 18.9 Å².